The van der Waals surface area contributed by atoms with Gasteiger partial charge in [-0.1, -0.05) is 45.2 Å². The molecular formula is C17H9BrCl2F3NO. The van der Waals surface area contributed by atoms with Crippen LogP contribution in [0.2, 0.25) is 10.0 Å². The number of aromatic nitrogens is 1. The highest BCUT2D eigenvalue weighted by Gasteiger charge is 2.40. The summed E-state index contributed by atoms with van der Waals surface area (Å²) in [5.41, 5.74) is 0.881. The fraction of sp³-hybridized carbons (Fsp3) is 0.118. The number of nitrogens with zero attached hydrogens (tertiary/aromatic N) is 1. The van der Waals surface area contributed by atoms with Crippen LogP contribution in [0.1, 0.15) is 15.9 Å². The molecule has 0 aliphatic carbocycles. The number of carbonyl (C=O) groups excluding carboxylic acids is 1. The molecule has 2 nitrogen and oxygen atoms in total. The predicted molar refractivity (Wildman–Crippen MR) is 95.6 cm³/mol. The highest BCUT2D eigenvalue weighted by Crippen LogP contribution is 2.31. The molecule has 0 unspecified atom stereocenters. The standard InChI is InChI=1S/C17H9BrCl2F3NO/c18-10-2-4-15-11(6-10)12(16(25)17(21,22)23)8-24(15)7-9-1-3-13(19)14(20)5-9/h1-6,8H,7H2. The third-order valence-corrected chi connectivity index (χ3v) is 4.91. The molecule has 0 fully saturated rings. The van der Waals surface area contributed by atoms with Gasteiger partial charge in [0.1, 0.15) is 0 Å². The second-order valence-corrected chi connectivity index (χ2v) is 7.14. The van der Waals surface area contributed by atoms with E-state index in [1.54, 1.807) is 34.9 Å². The molecule has 0 amide bonds. The maximum Gasteiger partial charge on any atom is 0.454 e. The molecule has 2 aromatic carbocycles. The van der Waals surface area contributed by atoms with E-state index in [9.17, 15) is 18.0 Å². The van der Waals surface area contributed by atoms with Gasteiger partial charge in [0, 0.05) is 28.1 Å². The van der Waals surface area contributed by atoms with Crippen LogP contribution >= 0.6 is 39.1 Å². The maximum atomic E-state index is 12.9. The Morgan fingerprint density at radius 2 is 1.80 bits per heavy atom. The van der Waals surface area contributed by atoms with Gasteiger partial charge in [0.2, 0.25) is 0 Å². The van der Waals surface area contributed by atoms with Crippen molar-refractivity contribution in [3.8, 4) is 0 Å². The highest BCUT2D eigenvalue weighted by atomic mass is 79.9. The molecule has 0 saturated carbocycles. The average molecular weight is 451 g/mol. The van der Waals surface area contributed by atoms with E-state index in [1.165, 1.54) is 12.3 Å². The normalized spacial score (nSPS) is 11.9. The Labute approximate surface area is 159 Å². The van der Waals surface area contributed by atoms with E-state index >= 15 is 0 Å². The number of hydrogen-bond acceptors (Lipinski definition) is 1. The van der Waals surface area contributed by atoms with Gasteiger partial charge in [0.25, 0.3) is 5.78 Å². The number of halogens is 6. The van der Waals surface area contributed by atoms with Crippen molar-refractivity contribution < 1.29 is 18.0 Å². The van der Waals surface area contributed by atoms with Gasteiger partial charge in [-0.2, -0.15) is 13.2 Å². The summed E-state index contributed by atoms with van der Waals surface area (Å²) in [5.74, 6) is -1.87. The van der Waals surface area contributed by atoms with Crippen molar-refractivity contribution >= 4 is 55.8 Å². The van der Waals surface area contributed by atoms with Crippen LogP contribution in [0.4, 0.5) is 13.2 Å². The molecule has 3 aromatic rings. The number of rotatable bonds is 3. The lowest BCUT2D eigenvalue weighted by Gasteiger charge is -2.07. The van der Waals surface area contributed by atoms with E-state index in [2.05, 4.69) is 15.9 Å². The van der Waals surface area contributed by atoms with Crippen molar-refractivity contribution in [3.63, 3.8) is 0 Å². The first kappa shape index (κ1) is 18.3. The number of hydrogen-bond donors (Lipinski definition) is 0. The summed E-state index contributed by atoms with van der Waals surface area (Å²) < 4.78 is 40.9. The van der Waals surface area contributed by atoms with Gasteiger partial charge >= 0.3 is 6.18 Å². The molecule has 130 valence electrons. The summed E-state index contributed by atoms with van der Waals surface area (Å²) in [5, 5.41) is 0.973. The van der Waals surface area contributed by atoms with Crippen LogP contribution in [-0.2, 0) is 6.54 Å². The Morgan fingerprint density at radius 3 is 2.44 bits per heavy atom. The monoisotopic (exact) mass is 449 g/mol. The Balaban J connectivity index is 2.12. The van der Waals surface area contributed by atoms with E-state index in [1.807, 2.05) is 0 Å². The van der Waals surface area contributed by atoms with Crippen LogP contribution in [0, 0.1) is 0 Å². The van der Waals surface area contributed by atoms with Crippen molar-refractivity contribution in [2.45, 2.75) is 12.7 Å². The van der Waals surface area contributed by atoms with Crippen molar-refractivity contribution in [1.82, 2.24) is 4.57 Å². The Hall–Kier alpha value is -1.50. The molecule has 1 aromatic heterocycles. The zero-order valence-corrected chi connectivity index (χ0v) is 15.5. The zero-order chi connectivity index (χ0) is 18.4. The SMILES string of the molecule is O=C(c1cn(Cc2ccc(Cl)c(Cl)c2)c2ccc(Br)cc12)C(F)(F)F. The lowest BCUT2D eigenvalue weighted by Crippen LogP contribution is -2.22. The van der Waals surface area contributed by atoms with E-state index < -0.39 is 12.0 Å². The molecular weight excluding hydrogens is 442 g/mol. The first-order valence-electron chi connectivity index (χ1n) is 7.00. The molecule has 0 atom stereocenters. The average Bonchev–Trinajstić information content (AvgIpc) is 2.87. The summed E-state index contributed by atoms with van der Waals surface area (Å²) in [6, 6.07) is 9.84. The lowest BCUT2D eigenvalue weighted by molar-refractivity contribution is -0.0884. The van der Waals surface area contributed by atoms with Crippen LogP contribution in [0.15, 0.2) is 47.1 Å². The van der Waals surface area contributed by atoms with Gasteiger partial charge in [-0.3, -0.25) is 4.79 Å². The fourth-order valence-corrected chi connectivity index (χ4v) is 3.25. The van der Waals surface area contributed by atoms with E-state index in [0.29, 0.717) is 20.0 Å². The number of Topliss-reactive ketones (excluding diaryl/α,β-unsaturated/α-hetero) is 1. The minimum Gasteiger partial charge on any atom is -0.342 e. The third-order valence-electron chi connectivity index (χ3n) is 3.68. The minimum atomic E-state index is -4.94. The van der Waals surface area contributed by atoms with Crippen molar-refractivity contribution in [3.05, 3.63) is 68.2 Å². The number of ketones is 1. The molecule has 1 heterocycles. The van der Waals surface area contributed by atoms with E-state index in [0.717, 1.165) is 5.56 Å². The van der Waals surface area contributed by atoms with Crippen molar-refractivity contribution in [2.24, 2.45) is 0 Å². The topological polar surface area (TPSA) is 22.0 Å². The lowest BCUT2D eigenvalue weighted by atomic mass is 10.1. The van der Waals surface area contributed by atoms with Gasteiger partial charge in [0.15, 0.2) is 0 Å². The number of alkyl halides is 3. The van der Waals surface area contributed by atoms with Crippen molar-refractivity contribution in [2.75, 3.05) is 0 Å². The predicted octanol–water partition coefficient (Wildman–Crippen LogP) is 6.50. The fourth-order valence-electron chi connectivity index (χ4n) is 2.57. The molecule has 0 aliphatic heterocycles. The molecule has 8 heteroatoms. The molecule has 25 heavy (non-hydrogen) atoms. The molecule has 0 radical (unpaired) electrons. The molecule has 3 rings (SSSR count). The molecule has 0 saturated heterocycles. The van der Waals surface area contributed by atoms with Gasteiger partial charge in [-0.25, -0.2) is 0 Å². The van der Waals surface area contributed by atoms with Crippen molar-refractivity contribution in [1.29, 1.82) is 0 Å². The van der Waals surface area contributed by atoms with Gasteiger partial charge in [-0.05, 0) is 35.9 Å². The highest BCUT2D eigenvalue weighted by molar-refractivity contribution is 9.10. The number of carbonyl (C=O) groups is 1. The Bertz CT molecular complexity index is 982. The van der Waals surface area contributed by atoms with Gasteiger partial charge in [0.05, 0.1) is 15.6 Å². The van der Waals surface area contributed by atoms with E-state index in [-0.39, 0.29) is 17.5 Å². The second-order valence-electron chi connectivity index (χ2n) is 5.41. The summed E-state index contributed by atoms with van der Waals surface area (Å²) in [6.45, 7) is 0.250. The maximum absolute atomic E-state index is 12.9. The minimum absolute atomic E-state index is 0.233. The largest absolute Gasteiger partial charge is 0.454 e. The first-order chi connectivity index (χ1) is 11.7. The van der Waals surface area contributed by atoms with Gasteiger partial charge in [-0.15, -0.1) is 0 Å². The number of fused-ring (bicyclic) bond motifs is 1. The van der Waals surface area contributed by atoms with Crippen LogP contribution in [0.3, 0.4) is 0 Å². The second kappa shape index (κ2) is 6.67. The first-order valence-corrected chi connectivity index (χ1v) is 8.55. The summed E-state index contributed by atoms with van der Waals surface area (Å²) in [6.07, 6.45) is -3.72. The summed E-state index contributed by atoms with van der Waals surface area (Å²) in [4.78, 5) is 11.8. The molecule has 0 aliphatic rings. The van der Waals surface area contributed by atoms with Crippen LogP contribution in [0.25, 0.3) is 10.9 Å². The van der Waals surface area contributed by atoms with E-state index in [4.69, 9.17) is 23.2 Å². The number of benzene rings is 2. The van der Waals surface area contributed by atoms with Crippen LogP contribution in [-0.4, -0.2) is 16.5 Å². The Kier molecular flexibility index (Phi) is 4.88. The molecule has 0 bridgehead atoms. The summed E-state index contributed by atoms with van der Waals surface area (Å²) >= 11 is 15.1. The third kappa shape index (κ3) is 3.71. The van der Waals surface area contributed by atoms with Gasteiger partial charge < -0.3 is 4.57 Å². The van der Waals surface area contributed by atoms with Crippen LogP contribution in [0.5, 0.6) is 0 Å². The molecule has 0 spiro atoms. The summed E-state index contributed by atoms with van der Waals surface area (Å²) in [7, 11) is 0. The zero-order valence-electron chi connectivity index (χ0n) is 12.4. The quantitative estimate of drug-likeness (QED) is 0.417. The smallest absolute Gasteiger partial charge is 0.342 e. The molecule has 0 N–H and O–H groups in total. The Morgan fingerprint density at radius 1 is 1.08 bits per heavy atom. The van der Waals surface area contributed by atoms with Crippen LogP contribution < -0.4 is 0 Å².